The lowest BCUT2D eigenvalue weighted by Gasteiger charge is -2.05. The quantitative estimate of drug-likeness (QED) is 0.789. The van der Waals surface area contributed by atoms with Crippen molar-refractivity contribution >= 4 is 21.8 Å². The highest BCUT2D eigenvalue weighted by molar-refractivity contribution is 7.92. The molecule has 0 bridgehead atoms. The summed E-state index contributed by atoms with van der Waals surface area (Å²) in [6.45, 7) is 1.34. The molecule has 0 saturated heterocycles. The van der Waals surface area contributed by atoms with Gasteiger partial charge in [-0.1, -0.05) is 0 Å². The molecule has 2 aromatic rings. The van der Waals surface area contributed by atoms with Crippen LogP contribution in [-0.4, -0.2) is 39.1 Å². The molecule has 20 heavy (non-hydrogen) atoms. The summed E-state index contributed by atoms with van der Waals surface area (Å²) in [5, 5.41) is 16.3. The van der Waals surface area contributed by atoms with E-state index >= 15 is 0 Å². The maximum atomic E-state index is 12.1. The van der Waals surface area contributed by atoms with Crippen molar-refractivity contribution in [2.45, 2.75) is 18.4 Å². The molecule has 0 aliphatic carbocycles. The molecule has 0 amide bonds. The molecule has 0 saturated carbocycles. The molecule has 10 heteroatoms. The van der Waals surface area contributed by atoms with Crippen molar-refractivity contribution < 1.29 is 18.3 Å². The number of hydrogen-bond acceptors (Lipinski definition) is 5. The Hall–Kier alpha value is -2.36. The Morgan fingerprint density at radius 2 is 2.20 bits per heavy atom. The van der Waals surface area contributed by atoms with Gasteiger partial charge in [-0.15, -0.1) is 0 Å². The van der Waals surface area contributed by atoms with Gasteiger partial charge < -0.3 is 5.11 Å². The van der Waals surface area contributed by atoms with E-state index in [4.69, 9.17) is 5.11 Å². The van der Waals surface area contributed by atoms with Crippen LogP contribution in [0.3, 0.4) is 0 Å². The number of hydrogen-bond donors (Lipinski definition) is 2. The van der Waals surface area contributed by atoms with E-state index in [0.29, 0.717) is 11.5 Å². The Bertz CT molecular complexity index is 746. The van der Waals surface area contributed by atoms with Crippen LogP contribution >= 0.6 is 0 Å². The van der Waals surface area contributed by atoms with Crippen LogP contribution in [0.5, 0.6) is 0 Å². The molecule has 9 nitrogen and oxygen atoms in total. The van der Waals surface area contributed by atoms with Crippen molar-refractivity contribution in [1.82, 2.24) is 19.6 Å². The van der Waals surface area contributed by atoms with Crippen LogP contribution in [0.1, 0.15) is 5.69 Å². The molecule has 0 unspecified atom stereocenters. The van der Waals surface area contributed by atoms with Crippen molar-refractivity contribution in [2.24, 2.45) is 7.05 Å². The van der Waals surface area contributed by atoms with Crippen LogP contribution in [0.4, 0.5) is 5.82 Å². The van der Waals surface area contributed by atoms with Crippen LogP contribution in [0.15, 0.2) is 23.4 Å². The minimum atomic E-state index is -3.82. The van der Waals surface area contributed by atoms with Gasteiger partial charge in [0.25, 0.3) is 10.0 Å². The second-order valence-corrected chi connectivity index (χ2v) is 5.85. The Labute approximate surface area is 114 Å². The molecule has 0 atom stereocenters. The smallest absolute Gasteiger partial charge is 0.325 e. The summed E-state index contributed by atoms with van der Waals surface area (Å²) in [6.07, 6.45) is 2.24. The van der Waals surface area contributed by atoms with E-state index in [1.165, 1.54) is 4.68 Å². The number of sulfonamides is 1. The normalized spacial score (nSPS) is 11.5. The second-order valence-electron chi connectivity index (χ2n) is 4.17. The van der Waals surface area contributed by atoms with Gasteiger partial charge in [-0.05, 0) is 6.92 Å². The van der Waals surface area contributed by atoms with Crippen molar-refractivity contribution in [2.75, 3.05) is 4.72 Å². The highest BCUT2D eigenvalue weighted by Gasteiger charge is 2.19. The summed E-state index contributed by atoms with van der Waals surface area (Å²) in [4.78, 5) is 10.4. The SMILES string of the molecule is Cc1cc(NS(=O)(=O)c2cnn(CC(=O)O)c2)n(C)n1. The molecule has 0 aliphatic rings. The summed E-state index contributed by atoms with van der Waals surface area (Å²) in [5.41, 5.74) is 0.673. The minimum absolute atomic E-state index is 0.113. The highest BCUT2D eigenvalue weighted by atomic mass is 32.2. The third-order valence-corrected chi connectivity index (χ3v) is 3.77. The van der Waals surface area contributed by atoms with E-state index < -0.39 is 22.5 Å². The first-order valence-corrected chi connectivity index (χ1v) is 7.04. The number of anilines is 1. The number of aryl methyl sites for hydroxylation is 2. The number of nitrogens with one attached hydrogen (secondary N) is 1. The van der Waals surface area contributed by atoms with E-state index in [2.05, 4.69) is 14.9 Å². The van der Waals surface area contributed by atoms with Crippen LogP contribution in [0.25, 0.3) is 0 Å². The Kier molecular flexibility index (Phi) is 3.49. The second kappa shape index (κ2) is 4.96. The van der Waals surface area contributed by atoms with Crippen LogP contribution in [0, 0.1) is 6.92 Å². The lowest BCUT2D eigenvalue weighted by atomic mass is 10.5. The molecule has 0 spiro atoms. The summed E-state index contributed by atoms with van der Waals surface area (Å²) < 4.78 is 29.0. The largest absolute Gasteiger partial charge is 0.480 e. The molecule has 2 heterocycles. The van der Waals surface area contributed by atoms with Crippen molar-refractivity contribution in [3.05, 3.63) is 24.2 Å². The fourth-order valence-corrected chi connectivity index (χ4v) is 2.64. The van der Waals surface area contributed by atoms with Gasteiger partial charge >= 0.3 is 5.97 Å². The predicted molar refractivity (Wildman–Crippen MR) is 68.6 cm³/mol. The standard InChI is InChI=1S/C10H13N5O4S/c1-7-3-9(14(2)12-7)13-20(18,19)8-4-11-15(5-8)6-10(16)17/h3-5,13H,6H2,1-2H3,(H,16,17). The topological polar surface area (TPSA) is 119 Å². The zero-order chi connectivity index (χ0) is 14.9. The van der Waals surface area contributed by atoms with Crippen molar-refractivity contribution in [1.29, 1.82) is 0 Å². The molecule has 0 radical (unpaired) electrons. The number of carboxylic acid groups (broad SMARTS) is 1. The van der Waals surface area contributed by atoms with Gasteiger partial charge in [-0.3, -0.25) is 18.9 Å². The first-order chi connectivity index (χ1) is 9.28. The first-order valence-electron chi connectivity index (χ1n) is 5.55. The number of aromatic nitrogens is 4. The van der Waals surface area contributed by atoms with Crippen LogP contribution < -0.4 is 4.72 Å². The number of aliphatic carboxylic acids is 1. The molecule has 0 aromatic carbocycles. The average Bonchev–Trinajstić information content (AvgIpc) is 2.86. The zero-order valence-corrected chi connectivity index (χ0v) is 11.6. The molecule has 2 aromatic heterocycles. The van der Waals surface area contributed by atoms with E-state index in [0.717, 1.165) is 17.1 Å². The molecule has 108 valence electrons. The Morgan fingerprint density at radius 1 is 1.50 bits per heavy atom. The van der Waals surface area contributed by atoms with E-state index in [1.54, 1.807) is 20.0 Å². The fraction of sp³-hybridized carbons (Fsp3) is 0.300. The first kappa shape index (κ1) is 14.1. The molecule has 2 rings (SSSR count). The minimum Gasteiger partial charge on any atom is -0.480 e. The number of carbonyl (C=O) groups is 1. The number of carboxylic acids is 1. The lowest BCUT2D eigenvalue weighted by molar-refractivity contribution is -0.137. The van der Waals surface area contributed by atoms with Crippen molar-refractivity contribution in [3.8, 4) is 0 Å². The molecule has 0 aliphatic heterocycles. The molecular formula is C10H13N5O4S. The van der Waals surface area contributed by atoms with Crippen LogP contribution in [-0.2, 0) is 28.4 Å². The molecule has 2 N–H and O–H groups in total. The average molecular weight is 299 g/mol. The summed E-state index contributed by atoms with van der Waals surface area (Å²) in [7, 11) is -2.21. The monoisotopic (exact) mass is 299 g/mol. The summed E-state index contributed by atoms with van der Waals surface area (Å²) in [6, 6.07) is 1.58. The zero-order valence-electron chi connectivity index (χ0n) is 10.8. The van der Waals surface area contributed by atoms with E-state index in [1.807, 2.05) is 0 Å². The van der Waals surface area contributed by atoms with E-state index in [-0.39, 0.29) is 4.90 Å². The van der Waals surface area contributed by atoms with Gasteiger partial charge in [0.2, 0.25) is 0 Å². The van der Waals surface area contributed by atoms with Gasteiger partial charge in [0.1, 0.15) is 17.3 Å². The fourth-order valence-electron chi connectivity index (χ4n) is 1.61. The Balaban J connectivity index is 2.24. The predicted octanol–water partition coefficient (Wildman–Crippen LogP) is -0.190. The van der Waals surface area contributed by atoms with Gasteiger partial charge in [0.05, 0.1) is 11.9 Å². The number of rotatable bonds is 5. The van der Waals surface area contributed by atoms with E-state index in [9.17, 15) is 13.2 Å². The third-order valence-electron chi connectivity index (χ3n) is 2.46. The molecular weight excluding hydrogens is 286 g/mol. The summed E-state index contributed by atoms with van der Waals surface area (Å²) >= 11 is 0. The van der Waals surface area contributed by atoms with Crippen LogP contribution in [0.2, 0.25) is 0 Å². The summed E-state index contributed by atoms with van der Waals surface area (Å²) in [5.74, 6) is -0.791. The van der Waals surface area contributed by atoms with Gasteiger partial charge in [-0.25, -0.2) is 8.42 Å². The lowest BCUT2D eigenvalue weighted by Crippen LogP contribution is -2.15. The Morgan fingerprint density at radius 3 is 2.75 bits per heavy atom. The highest BCUT2D eigenvalue weighted by Crippen LogP contribution is 2.15. The third kappa shape index (κ3) is 2.96. The van der Waals surface area contributed by atoms with Gasteiger partial charge in [0.15, 0.2) is 0 Å². The maximum Gasteiger partial charge on any atom is 0.325 e. The van der Waals surface area contributed by atoms with Gasteiger partial charge in [-0.2, -0.15) is 10.2 Å². The maximum absolute atomic E-state index is 12.1. The van der Waals surface area contributed by atoms with Crippen molar-refractivity contribution in [3.63, 3.8) is 0 Å². The molecule has 0 fully saturated rings. The number of nitrogens with zero attached hydrogens (tertiary/aromatic N) is 4. The van der Waals surface area contributed by atoms with Gasteiger partial charge in [0, 0.05) is 19.3 Å².